The number of aromatic nitrogens is 2. The lowest BCUT2D eigenvalue weighted by molar-refractivity contribution is 0.386. The van der Waals surface area contributed by atoms with E-state index in [0.29, 0.717) is 17.0 Å². The van der Waals surface area contributed by atoms with Gasteiger partial charge in [0.2, 0.25) is 0 Å². The largest absolute Gasteiger partial charge is 0.494 e. The zero-order valence-corrected chi connectivity index (χ0v) is 18.2. The molecular formula is C18H16Br2ClFN2O2. The van der Waals surface area contributed by atoms with Gasteiger partial charge in [-0.3, -0.25) is 0 Å². The molecule has 1 heterocycles. The second-order valence-corrected chi connectivity index (χ2v) is 7.08. The first-order valence-electron chi connectivity index (χ1n) is 7.35. The molecule has 3 aromatic rings. The lowest BCUT2D eigenvalue weighted by Crippen LogP contribution is -1.95. The van der Waals surface area contributed by atoms with Crippen molar-refractivity contribution in [2.75, 3.05) is 14.2 Å². The molecule has 0 radical (unpaired) electrons. The Morgan fingerprint density at radius 2 is 1.65 bits per heavy atom. The molecule has 0 spiro atoms. The van der Waals surface area contributed by atoms with Crippen molar-refractivity contribution in [2.45, 2.75) is 0 Å². The quantitative estimate of drug-likeness (QED) is 0.445. The number of methoxy groups -OCH3 is 2. The zero-order valence-electron chi connectivity index (χ0n) is 14.2. The first-order chi connectivity index (χ1) is 12.0. The third-order valence-electron chi connectivity index (χ3n) is 3.84. The Hall–Kier alpha value is -1.57. The van der Waals surface area contributed by atoms with Crippen molar-refractivity contribution in [3.05, 3.63) is 51.4 Å². The van der Waals surface area contributed by atoms with E-state index in [0.717, 1.165) is 20.2 Å². The highest BCUT2D eigenvalue weighted by Gasteiger charge is 2.18. The van der Waals surface area contributed by atoms with Crippen LogP contribution in [0, 0.1) is 5.82 Å². The van der Waals surface area contributed by atoms with Gasteiger partial charge in [0.05, 0.1) is 40.9 Å². The van der Waals surface area contributed by atoms with E-state index in [1.54, 1.807) is 25.6 Å². The monoisotopic (exact) mass is 504 g/mol. The number of benzene rings is 2. The van der Waals surface area contributed by atoms with E-state index >= 15 is 0 Å². The number of rotatable bonds is 4. The van der Waals surface area contributed by atoms with Gasteiger partial charge in [-0.1, -0.05) is 0 Å². The lowest BCUT2D eigenvalue weighted by Gasteiger charge is -2.12. The molecule has 2 aromatic carbocycles. The third kappa shape index (κ3) is 3.75. The highest BCUT2D eigenvalue weighted by Crippen LogP contribution is 2.40. The van der Waals surface area contributed by atoms with E-state index in [1.165, 1.54) is 13.2 Å². The Morgan fingerprint density at radius 3 is 2.19 bits per heavy atom. The molecule has 0 saturated heterocycles. The SMILES string of the molecule is COc1ccc(-c2ncn(C)c2-c2cc(Br)c(OC)c(Br)c2)cc1F.Cl. The molecule has 0 unspecified atom stereocenters. The van der Waals surface area contributed by atoms with Crippen LogP contribution in [0.1, 0.15) is 0 Å². The molecule has 0 aliphatic carbocycles. The number of ether oxygens (including phenoxy) is 2. The Balaban J connectivity index is 0.00000243. The normalized spacial score (nSPS) is 10.4. The van der Waals surface area contributed by atoms with Crippen molar-refractivity contribution in [2.24, 2.45) is 7.05 Å². The topological polar surface area (TPSA) is 36.3 Å². The Bertz CT molecular complexity index is 924. The van der Waals surface area contributed by atoms with Gasteiger partial charge in [-0.25, -0.2) is 9.37 Å². The molecule has 0 N–H and O–H groups in total. The van der Waals surface area contributed by atoms with Crippen LogP contribution in [0.2, 0.25) is 0 Å². The summed E-state index contributed by atoms with van der Waals surface area (Å²) in [7, 11) is 4.95. The molecule has 0 amide bonds. The van der Waals surface area contributed by atoms with E-state index < -0.39 is 5.82 Å². The molecule has 8 heteroatoms. The molecule has 0 aliphatic heterocycles. The first kappa shape index (κ1) is 20.7. The van der Waals surface area contributed by atoms with Crippen LogP contribution >= 0.6 is 44.3 Å². The highest BCUT2D eigenvalue weighted by molar-refractivity contribution is 9.11. The molecule has 0 bridgehead atoms. The van der Waals surface area contributed by atoms with Crippen molar-refractivity contribution in [3.63, 3.8) is 0 Å². The average Bonchev–Trinajstić information content (AvgIpc) is 2.96. The summed E-state index contributed by atoms with van der Waals surface area (Å²) in [5.74, 6) is 0.493. The summed E-state index contributed by atoms with van der Waals surface area (Å²) in [6, 6.07) is 8.72. The van der Waals surface area contributed by atoms with Gasteiger partial charge in [0.1, 0.15) is 5.75 Å². The van der Waals surface area contributed by atoms with Gasteiger partial charge in [0.25, 0.3) is 0 Å². The number of aryl methyl sites for hydroxylation is 1. The maximum atomic E-state index is 14.1. The molecule has 4 nitrogen and oxygen atoms in total. The Labute approximate surface area is 174 Å². The fraction of sp³-hybridized carbons (Fsp3) is 0.167. The van der Waals surface area contributed by atoms with Gasteiger partial charge in [0, 0.05) is 18.2 Å². The second-order valence-electron chi connectivity index (χ2n) is 5.38. The van der Waals surface area contributed by atoms with Crippen LogP contribution in [-0.2, 0) is 7.05 Å². The minimum atomic E-state index is -0.423. The minimum absolute atomic E-state index is 0. The fourth-order valence-electron chi connectivity index (χ4n) is 2.69. The van der Waals surface area contributed by atoms with Crippen molar-refractivity contribution in [3.8, 4) is 34.0 Å². The molecule has 3 rings (SSSR count). The summed E-state index contributed by atoms with van der Waals surface area (Å²) >= 11 is 7.04. The molecule has 0 fully saturated rings. The summed E-state index contributed by atoms with van der Waals surface area (Å²) in [6.45, 7) is 0. The van der Waals surface area contributed by atoms with Crippen LogP contribution < -0.4 is 9.47 Å². The summed E-state index contributed by atoms with van der Waals surface area (Å²) < 4.78 is 28.0. The van der Waals surface area contributed by atoms with Gasteiger partial charge in [-0.05, 0) is 62.2 Å². The van der Waals surface area contributed by atoms with Crippen LogP contribution in [0.3, 0.4) is 0 Å². The van der Waals surface area contributed by atoms with Gasteiger partial charge < -0.3 is 14.0 Å². The van der Waals surface area contributed by atoms with Gasteiger partial charge in [0.15, 0.2) is 11.6 Å². The first-order valence-corrected chi connectivity index (χ1v) is 8.93. The maximum absolute atomic E-state index is 14.1. The predicted octanol–water partition coefficient (Wildman–Crippen LogP) is 5.86. The molecular weight excluding hydrogens is 490 g/mol. The van der Waals surface area contributed by atoms with Crippen LogP contribution in [-0.4, -0.2) is 23.8 Å². The van der Waals surface area contributed by atoms with Gasteiger partial charge >= 0.3 is 0 Å². The number of nitrogens with zero attached hydrogens (tertiary/aromatic N) is 2. The summed E-state index contributed by atoms with van der Waals surface area (Å²) in [5.41, 5.74) is 3.16. The summed E-state index contributed by atoms with van der Waals surface area (Å²) in [5, 5.41) is 0. The maximum Gasteiger partial charge on any atom is 0.165 e. The van der Waals surface area contributed by atoms with Crippen LogP contribution in [0.25, 0.3) is 22.5 Å². The van der Waals surface area contributed by atoms with E-state index in [-0.39, 0.29) is 18.2 Å². The van der Waals surface area contributed by atoms with E-state index in [2.05, 4.69) is 36.8 Å². The molecule has 1 aromatic heterocycles. The second kappa shape index (κ2) is 8.41. The highest BCUT2D eigenvalue weighted by atomic mass is 79.9. The van der Waals surface area contributed by atoms with Crippen molar-refractivity contribution >= 4 is 44.3 Å². The molecule has 0 saturated carbocycles. The summed E-state index contributed by atoms with van der Waals surface area (Å²) in [6.07, 6.45) is 1.71. The Kier molecular flexibility index (Phi) is 6.71. The average molecular weight is 507 g/mol. The van der Waals surface area contributed by atoms with Crippen molar-refractivity contribution in [1.29, 1.82) is 0 Å². The van der Waals surface area contributed by atoms with Gasteiger partial charge in [-0.2, -0.15) is 0 Å². The molecule has 0 atom stereocenters. The van der Waals surface area contributed by atoms with Crippen molar-refractivity contribution < 1.29 is 13.9 Å². The van der Waals surface area contributed by atoms with Crippen LogP contribution in [0.4, 0.5) is 4.39 Å². The van der Waals surface area contributed by atoms with E-state index in [1.807, 2.05) is 23.7 Å². The molecule has 0 aliphatic rings. The number of halogens is 4. The smallest absolute Gasteiger partial charge is 0.165 e. The van der Waals surface area contributed by atoms with Crippen molar-refractivity contribution in [1.82, 2.24) is 9.55 Å². The minimum Gasteiger partial charge on any atom is -0.494 e. The fourth-order valence-corrected chi connectivity index (χ4v) is 4.20. The number of hydrogen-bond donors (Lipinski definition) is 0. The zero-order chi connectivity index (χ0) is 18.1. The number of imidazole rings is 1. The van der Waals surface area contributed by atoms with Crippen LogP contribution in [0.5, 0.6) is 11.5 Å². The predicted molar refractivity (Wildman–Crippen MR) is 110 cm³/mol. The van der Waals surface area contributed by atoms with Crippen LogP contribution in [0.15, 0.2) is 45.6 Å². The van der Waals surface area contributed by atoms with Gasteiger partial charge in [-0.15, -0.1) is 12.4 Å². The number of hydrogen-bond acceptors (Lipinski definition) is 3. The Morgan fingerprint density at radius 1 is 1.00 bits per heavy atom. The summed E-state index contributed by atoms with van der Waals surface area (Å²) in [4.78, 5) is 4.45. The molecule has 26 heavy (non-hydrogen) atoms. The lowest BCUT2D eigenvalue weighted by atomic mass is 10.0. The standard InChI is InChI=1S/C18H15Br2FN2O2.ClH/c1-23-9-22-16(10-4-5-15(24-2)14(21)8-10)17(23)11-6-12(19)18(25-3)13(20)7-11;/h4-9H,1-3H3;1H. The third-order valence-corrected chi connectivity index (χ3v) is 5.02. The molecule has 138 valence electrons. The van der Waals surface area contributed by atoms with E-state index in [9.17, 15) is 4.39 Å². The van der Waals surface area contributed by atoms with E-state index in [4.69, 9.17) is 9.47 Å².